The zero-order chi connectivity index (χ0) is 18.2. The number of esters is 1. The van der Waals surface area contributed by atoms with Gasteiger partial charge in [-0.1, -0.05) is 18.2 Å². The molecule has 8 heteroatoms. The first-order valence-electron chi connectivity index (χ1n) is 7.08. The Labute approximate surface area is 142 Å². The zero-order valence-electron chi connectivity index (χ0n) is 13.2. The van der Waals surface area contributed by atoms with Crippen LogP contribution in [-0.2, 0) is 14.3 Å². The van der Waals surface area contributed by atoms with Crippen molar-refractivity contribution in [1.82, 2.24) is 5.43 Å². The molecule has 2 aromatic carbocycles. The fourth-order valence-electron chi connectivity index (χ4n) is 1.79. The molecule has 0 bridgehead atoms. The van der Waals surface area contributed by atoms with E-state index >= 15 is 0 Å². The molecule has 0 aliphatic rings. The number of hydrogen-bond acceptors (Lipinski definition) is 5. The lowest BCUT2D eigenvalue weighted by Crippen LogP contribution is -2.32. The molecule has 2 aromatic rings. The Kier molecular flexibility index (Phi) is 5.94. The third kappa shape index (κ3) is 4.96. The van der Waals surface area contributed by atoms with Crippen molar-refractivity contribution in [2.45, 2.75) is 0 Å². The van der Waals surface area contributed by atoms with Crippen LogP contribution in [0.3, 0.4) is 0 Å². The van der Waals surface area contributed by atoms with Crippen molar-refractivity contribution in [3.63, 3.8) is 0 Å². The highest BCUT2D eigenvalue weighted by Gasteiger charge is 2.13. The number of hydrogen-bond donors (Lipinski definition) is 2. The lowest BCUT2D eigenvalue weighted by Gasteiger charge is -2.05. The molecule has 0 spiro atoms. The van der Waals surface area contributed by atoms with Gasteiger partial charge in [0.1, 0.15) is 5.82 Å². The minimum atomic E-state index is -1.02. The summed E-state index contributed by atoms with van der Waals surface area (Å²) in [6, 6.07) is 11.6. The van der Waals surface area contributed by atoms with Crippen molar-refractivity contribution in [3.05, 3.63) is 65.5 Å². The fourth-order valence-corrected chi connectivity index (χ4v) is 1.79. The first-order valence-corrected chi connectivity index (χ1v) is 7.08. The van der Waals surface area contributed by atoms with Crippen molar-refractivity contribution >= 4 is 29.7 Å². The average Bonchev–Trinajstić information content (AvgIpc) is 2.63. The summed E-state index contributed by atoms with van der Waals surface area (Å²) in [4.78, 5) is 34.7. The summed E-state index contributed by atoms with van der Waals surface area (Å²) in [5.74, 6) is -3.00. The molecule has 0 aromatic heterocycles. The van der Waals surface area contributed by atoms with Crippen LogP contribution in [0.25, 0.3) is 0 Å². The fraction of sp³-hybridized carbons (Fsp3) is 0.0588. The molecule has 25 heavy (non-hydrogen) atoms. The lowest BCUT2D eigenvalue weighted by atomic mass is 10.2. The van der Waals surface area contributed by atoms with E-state index in [4.69, 9.17) is 0 Å². The average molecular weight is 343 g/mol. The first-order chi connectivity index (χ1) is 12.0. The van der Waals surface area contributed by atoms with Gasteiger partial charge in [-0.2, -0.15) is 5.10 Å². The first kappa shape index (κ1) is 17.8. The number of amides is 2. The highest BCUT2D eigenvalue weighted by molar-refractivity contribution is 6.39. The van der Waals surface area contributed by atoms with Gasteiger partial charge in [0.05, 0.1) is 18.9 Å². The molecule has 0 aliphatic heterocycles. The second-order valence-electron chi connectivity index (χ2n) is 4.74. The van der Waals surface area contributed by atoms with Crippen LogP contribution >= 0.6 is 0 Å². The molecular weight excluding hydrogens is 329 g/mol. The summed E-state index contributed by atoms with van der Waals surface area (Å²) in [6.45, 7) is 0. The summed E-state index contributed by atoms with van der Waals surface area (Å²) in [5.41, 5.74) is 2.78. The predicted molar refractivity (Wildman–Crippen MR) is 88.5 cm³/mol. The van der Waals surface area contributed by atoms with E-state index < -0.39 is 23.6 Å². The Morgan fingerprint density at radius 2 is 1.72 bits per heavy atom. The second-order valence-corrected chi connectivity index (χ2v) is 4.74. The van der Waals surface area contributed by atoms with Gasteiger partial charge in [0, 0.05) is 11.3 Å². The van der Waals surface area contributed by atoms with Crippen molar-refractivity contribution in [2.75, 3.05) is 12.4 Å². The summed E-state index contributed by atoms with van der Waals surface area (Å²) >= 11 is 0. The van der Waals surface area contributed by atoms with Crippen LogP contribution in [0.5, 0.6) is 0 Å². The number of rotatable bonds is 4. The van der Waals surface area contributed by atoms with E-state index in [1.807, 2.05) is 5.43 Å². The number of anilines is 1. The van der Waals surface area contributed by atoms with E-state index in [9.17, 15) is 18.8 Å². The standard InChI is InChI=1S/C17H14FN3O4/c1-25-17(24)11-6-8-13(9-7-11)20-15(22)16(23)21-19-10-12-4-2-3-5-14(12)18/h2-10H,1H3,(H,20,22)(H,21,23)/b19-10-. The topological polar surface area (TPSA) is 96.9 Å². The Morgan fingerprint density at radius 1 is 1.04 bits per heavy atom. The molecule has 0 atom stereocenters. The SMILES string of the molecule is COC(=O)c1ccc(NC(=O)C(=O)N/N=C\c2ccccc2F)cc1. The van der Waals surface area contributed by atoms with Crippen LogP contribution in [0.2, 0.25) is 0 Å². The number of benzene rings is 2. The number of halogens is 1. The third-order valence-corrected chi connectivity index (χ3v) is 3.05. The zero-order valence-corrected chi connectivity index (χ0v) is 13.2. The minimum absolute atomic E-state index is 0.168. The molecule has 0 heterocycles. The van der Waals surface area contributed by atoms with E-state index in [1.54, 1.807) is 6.07 Å². The lowest BCUT2D eigenvalue weighted by molar-refractivity contribution is -0.136. The Bertz CT molecular complexity index is 819. The smallest absolute Gasteiger partial charge is 0.337 e. The Hall–Kier alpha value is -3.55. The van der Waals surface area contributed by atoms with E-state index in [1.165, 1.54) is 49.6 Å². The molecule has 0 radical (unpaired) electrons. The predicted octanol–water partition coefficient (Wildman–Crippen LogP) is 1.70. The molecule has 0 fully saturated rings. The van der Waals surface area contributed by atoms with Gasteiger partial charge < -0.3 is 10.1 Å². The van der Waals surface area contributed by atoms with Gasteiger partial charge in [0.2, 0.25) is 0 Å². The maximum Gasteiger partial charge on any atom is 0.337 e. The molecule has 0 aliphatic carbocycles. The maximum absolute atomic E-state index is 13.4. The molecule has 128 valence electrons. The molecule has 2 amide bonds. The van der Waals surface area contributed by atoms with Gasteiger partial charge in [-0.25, -0.2) is 14.6 Å². The Morgan fingerprint density at radius 3 is 2.36 bits per heavy atom. The quantitative estimate of drug-likeness (QED) is 0.382. The van der Waals surface area contributed by atoms with Crippen LogP contribution in [0.1, 0.15) is 15.9 Å². The third-order valence-electron chi connectivity index (χ3n) is 3.05. The van der Waals surface area contributed by atoms with Gasteiger partial charge in [0.25, 0.3) is 0 Å². The number of carbonyl (C=O) groups excluding carboxylic acids is 3. The van der Waals surface area contributed by atoms with Gasteiger partial charge in [-0.15, -0.1) is 0 Å². The van der Waals surface area contributed by atoms with Crippen molar-refractivity contribution in [3.8, 4) is 0 Å². The van der Waals surface area contributed by atoms with Gasteiger partial charge in [-0.05, 0) is 30.3 Å². The maximum atomic E-state index is 13.4. The second kappa shape index (κ2) is 8.34. The van der Waals surface area contributed by atoms with Crippen LogP contribution in [0.15, 0.2) is 53.6 Å². The van der Waals surface area contributed by atoms with E-state index in [2.05, 4.69) is 15.2 Å². The molecule has 2 rings (SSSR count). The van der Waals surface area contributed by atoms with Crippen molar-refractivity contribution in [2.24, 2.45) is 5.10 Å². The minimum Gasteiger partial charge on any atom is -0.465 e. The van der Waals surface area contributed by atoms with Crippen molar-refractivity contribution < 1.29 is 23.5 Å². The number of carbonyl (C=O) groups is 3. The normalized spacial score (nSPS) is 10.3. The van der Waals surface area contributed by atoms with Gasteiger partial charge >= 0.3 is 17.8 Å². The molecule has 0 saturated carbocycles. The Balaban J connectivity index is 1.91. The monoisotopic (exact) mass is 343 g/mol. The van der Waals surface area contributed by atoms with Gasteiger partial charge in [-0.3, -0.25) is 9.59 Å². The molecule has 2 N–H and O–H groups in total. The van der Waals surface area contributed by atoms with E-state index in [0.29, 0.717) is 11.3 Å². The summed E-state index contributed by atoms with van der Waals surface area (Å²) in [5, 5.41) is 5.86. The molecule has 7 nitrogen and oxygen atoms in total. The highest BCUT2D eigenvalue weighted by Crippen LogP contribution is 2.10. The summed E-state index contributed by atoms with van der Waals surface area (Å²) < 4.78 is 17.9. The number of methoxy groups -OCH3 is 1. The van der Waals surface area contributed by atoms with Crippen LogP contribution < -0.4 is 10.7 Å². The number of hydrazone groups is 1. The number of ether oxygens (including phenoxy) is 1. The van der Waals surface area contributed by atoms with E-state index in [0.717, 1.165) is 6.21 Å². The van der Waals surface area contributed by atoms with Crippen LogP contribution in [-0.4, -0.2) is 31.1 Å². The van der Waals surface area contributed by atoms with Crippen LogP contribution in [0.4, 0.5) is 10.1 Å². The highest BCUT2D eigenvalue weighted by atomic mass is 19.1. The largest absolute Gasteiger partial charge is 0.465 e. The van der Waals surface area contributed by atoms with E-state index in [-0.39, 0.29) is 5.56 Å². The molecular formula is C17H14FN3O4. The number of nitrogens with one attached hydrogen (secondary N) is 2. The molecule has 0 unspecified atom stereocenters. The van der Waals surface area contributed by atoms with Crippen molar-refractivity contribution in [1.29, 1.82) is 0 Å². The van der Waals surface area contributed by atoms with Crippen LogP contribution in [0, 0.1) is 5.82 Å². The number of nitrogens with zero attached hydrogens (tertiary/aromatic N) is 1. The summed E-state index contributed by atoms with van der Waals surface area (Å²) in [7, 11) is 1.25. The summed E-state index contributed by atoms with van der Waals surface area (Å²) in [6.07, 6.45) is 1.09. The van der Waals surface area contributed by atoms with Gasteiger partial charge in [0.15, 0.2) is 0 Å². The molecule has 0 saturated heterocycles.